The Bertz CT molecular complexity index is 354. The predicted molar refractivity (Wildman–Crippen MR) is 63.5 cm³/mol. The minimum atomic E-state index is -0.492. The maximum absolute atomic E-state index is 12.1. The van der Waals surface area contributed by atoms with E-state index in [0.29, 0.717) is 10.6 Å². The van der Waals surface area contributed by atoms with Gasteiger partial charge in [0.2, 0.25) is 0 Å². The zero-order chi connectivity index (χ0) is 11.6. The number of carbonyl (C=O) groups excluding carboxylic acids is 1. The highest BCUT2D eigenvalue weighted by atomic mass is 35.5. The molecule has 0 bridgehead atoms. The molecule has 0 amide bonds. The van der Waals surface area contributed by atoms with Gasteiger partial charge in [0, 0.05) is 10.6 Å². The Labute approximate surface area is 95.8 Å². The van der Waals surface area contributed by atoms with Crippen molar-refractivity contribution < 1.29 is 4.79 Å². The summed E-state index contributed by atoms with van der Waals surface area (Å²) in [6.07, 6.45) is 0. The zero-order valence-electron chi connectivity index (χ0n) is 9.54. The van der Waals surface area contributed by atoms with Gasteiger partial charge in [0.1, 0.15) is 0 Å². The molecule has 0 aromatic heterocycles. The Morgan fingerprint density at radius 2 is 1.67 bits per heavy atom. The molecule has 0 radical (unpaired) electrons. The maximum Gasteiger partial charge on any atom is 0.182 e. The van der Waals surface area contributed by atoms with Crippen LogP contribution in [0.15, 0.2) is 24.3 Å². The monoisotopic (exact) mass is 225 g/mol. The SMILES string of the molecule is CN(C)C(C)(C)C(=O)c1ccc(Cl)cc1. The quantitative estimate of drug-likeness (QED) is 0.738. The lowest BCUT2D eigenvalue weighted by Crippen LogP contribution is -2.45. The summed E-state index contributed by atoms with van der Waals surface area (Å²) in [6.45, 7) is 3.81. The highest BCUT2D eigenvalue weighted by molar-refractivity contribution is 6.30. The molecule has 0 N–H and O–H groups in total. The first-order valence-electron chi connectivity index (χ1n) is 4.83. The number of hydrogen-bond acceptors (Lipinski definition) is 2. The molecule has 0 fully saturated rings. The van der Waals surface area contributed by atoms with Gasteiger partial charge < -0.3 is 0 Å². The summed E-state index contributed by atoms with van der Waals surface area (Å²) in [6, 6.07) is 6.99. The number of Topliss-reactive ketones (excluding diaryl/α,β-unsaturated/α-hetero) is 1. The Hall–Kier alpha value is -0.860. The van der Waals surface area contributed by atoms with Crippen LogP contribution in [-0.4, -0.2) is 30.3 Å². The van der Waals surface area contributed by atoms with Crippen LogP contribution in [0.1, 0.15) is 24.2 Å². The van der Waals surface area contributed by atoms with Gasteiger partial charge in [0.05, 0.1) is 5.54 Å². The van der Waals surface area contributed by atoms with Crippen LogP contribution in [0, 0.1) is 0 Å². The Balaban J connectivity index is 3.00. The van der Waals surface area contributed by atoms with E-state index in [2.05, 4.69) is 0 Å². The fraction of sp³-hybridized carbons (Fsp3) is 0.417. The Morgan fingerprint density at radius 3 is 2.07 bits per heavy atom. The van der Waals surface area contributed by atoms with Crippen LogP contribution in [0.4, 0.5) is 0 Å². The van der Waals surface area contributed by atoms with Gasteiger partial charge in [-0.1, -0.05) is 11.6 Å². The van der Waals surface area contributed by atoms with E-state index in [1.54, 1.807) is 24.3 Å². The molecule has 3 heteroatoms. The Morgan fingerprint density at radius 1 is 1.20 bits per heavy atom. The molecule has 82 valence electrons. The van der Waals surface area contributed by atoms with E-state index in [0.717, 1.165) is 0 Å². The van der Waals surface area contributed by atoms with Crippen molar-refractivity contribution in [3.8, 4) is 0 Å². The molecular formula is C12H16ClNO. The third kappa shape index (κ3) is 2.58. The van der Waals surface area contributed by atoms with Crippen LogP contribution in [0.5, 0.6) is 0 Å². The average Bonchev–Trinajstić information content (AvgIpc) is 2.17. The number of rotatable bonds is 3. The van der Waals surface area contributed by atoms with Crippen LogP contribution in [0.25, 0.3) is 0 Å². The lowest BCUT2D eigenvalue weighted by atomic mass is 9.92. The first-order chi connectivity index (χ1) is 6.85. The van der Waals surface area contributed by atoms with E-state index in [1.807, 2.05) is 32.8 Å². The average molecular weight is 226 g/mol. The van der Waals surface area contributed by atoms with Crippen LogP contribution in [0.3, 0.4) is 0 Å². The molecule has 0 spiro atoms. The predicted octanol–water partition coefficient (Wildman–Crippen LogP) is 2.86. The number of ketones is 1. The minimum absolute atomic E-state index is 0.101. The van der Waals surface area contributed by atoms with Gasteiger partial charge in [-0.15, -0.1) is 0 Å². The van der Waals surface area contributed by atoms with E-state index < -0.39 is 5.54 Å². The third-order valence-electron chi connectivity index (χ3n) is 2.78. The van der Waals surface area contributed by atoms with Crippen molar-refractivity contribution in [2.45, 2.75) is 19.4 Å². The molecule has 0 heterocycles. The molecule has 0 aliphatic rings. The van der Waals surface area contributed by atoms with Crippen molar-refractivity contribution in [3.63, 3.8) is 0 Å². The number of benzene rings is 1. The highest BCUT2D eigenvalue weighted by Crippen LogP contribution is 2.19. The van der Waals surface area contributed by atoms with Crippen molar-refractivity contribution in [1.82, 2.24) is 4.90 Å². The number of nitrogens with zero attached hydrogens (tertiary/aromatic N) is 1. The second kappa shape index (κ2) is 4.33. The van der Waals surface area contributed by atoms with E-state index in [9.17, 15) is 4.79 Å². The van der Waals surface area contributed by atoms with Crippen molar-refractivity contribution in [1.29, 1.82) is 0 Å². The summed E-state index contributed by atoms with van der Waals surface area (Å²) in [7, 11) is 3.79. The molecule has 0 atom stereocenters. The van der Waals surface area contributed by atoms with Crippen LogP contribution >= 0.6 is 11.6 Å². The number of halogens is 1. The van der Waals surface area contributed by atoms with E-state index in [4.69, 9.17) is 11.6 Å². The summed E-state index contributed by atoms with van der Waals surface area (Å²) >= 11 is 5.77. The summed E-state index contributed by atoms with van der Waals surface area (Å²) in [5.74, 6) is 0.101. The molecule has 1 aromatic rings. The Kier molecular flexibility index (Phi) is 3.53. The van der Waals surface area contributed by atoms with E-state index in [-0.39, 0.29) is 5.78 Å². The van der Waals surface area contributed by atoms with Crippen LogP contribution < -0.4 is 0 Å². The van der Waals surface area contributed by atoms with Crippen LogP contribution in [-0.2, 0) is 0 Å². The summed E-state index contributed by atoms with van der Waals surface area (Å²) in [4.78, 5) is 14.0. The summed E-state index contributed by atoms with van der Waals surface area (Å²) < 4.78 is 0. The van der Waals surface area contributed by atoms with Crippen molar-refractivity contribution in [2.75, 3.05) is 14.1 Å². The zero-order valence-corrected chi connectivity index (χ0v) is 10.3. The smallest absolute Gasteiger partial charge is 0.182 e. The normalized spacial score (nSPS) is 11.9. The standard InChI is InChI=1S/C12H16ClNO/c1-12(2,14(3)4)11(15)9-5-7-10(13)8-6-9/h5-8H,1-4H3. The van der Waals surface area contributed by atoms with E-state index in [1.165, 1.54) is 0 Å². The van der Waals surface area contributed by atoms with Gasteiger partial charge in [-0.25, -0.2) is 0 Å². The topological polar surface area (TPSA) is 20.3 Å². The molecule has 0 aliphatic carbocycles. The van der Waals surface area contributed by atoms with Crippen LogP contribution in [0.2, 0.25) is 5.02 Å². The minimum Gasteiger partial charge on any atom is -0.297 e. The second-order valence-electron chi connectivity index (χ2n) is 4.29. The molecule has 0 saturated carbocycles. The van der Waals surface area contributed by atoms with Gasteiger partial charge in [-0.3, -0.25) is 9.69 Å². The maximum atomic E-state index is 12.1. The molecular weight excluding hydrogens is 210 g/mol. The lowest BCUT2D eigenvalue weighted by molar-refractivity contribution is 0.0755. The molecule has 0 unspecified atom stereocenters. The number of hydrogen-bond donors (Lipinski definition) is 0. The van der Waals surface area contributed by atoms with Crippen molar-refractivity contribution >= 4 is 17.4 Å². The summed E-state index contributed by atoms with van der Waals surface area (Å²) in [5, 5.41) is 0.647. The fourth-order valence-corrected chi connectivity index (χ4v) is 1.28. The van der Waals surface area contributed by atoms with E-state index >= 15 is 0 Å². The molecule has 1 aromatic carbocycles. The van der Waals surface area contributed by atoms with Crippen molar-refractivity contribution in [2.24, 2.45) is 0 Å². The first-order valence-corrected chi connectivity index (χ1v) is 5.21. The highest BCUT2D eigenvalue weighted by Gasteiger charge is 2.30. The number of likely N-dealkylation sites (N-methyl/N-ethyl adjacent to an activating group) is 1. The van der Waals surface area contributed by atoms with Gasteiger partial charge in [0.25, 0.3) is 0 Å². The van der Waals surface area contributed by atoms with Crippen molar-refractivity contribution in [3.05, 3.63) is 34.9 Å². The van der Waals surface area contributed by atoms with Gasteiger partial charge in [-0.2, -0.15) is 0 Å². The molecule has 0 saturated heterocycles. The molecule has 1 rings (SSSR count). The lowest BCUT2D eigenvalue weighted by Gasteiger charge is -2.30. The largest absolute Gasteiger partial charge is 0.297 e. The van der Waals surface area contributed by atoms with Gasteiger partial charge in [0.15, 0.2) is 5.78 Å². The summed E-state index contributed by atoms with van der Waals surface area (Å²) in [5.41, 5.74) is 0.200. The van der Waals surface area contributed by atoms with Gasteiger partial charge in [-0.05, 0) is 52.2 Å². The number of carbonyl (C=O) groups is 1. The first kappa shape index (κ1) is 12.2. The molecule has 0 aliphatic heterocycles. The fourth-order valence-electron chi connectivity index (χ4n) is 1.16. The second-order valence-corrected chi connectivity index (χ2v) is 4.73. The third-order valence-corrected chi connectivity index (χ3v) is 3.03. The molecule has 15 heavy (non-hydrogen) atoms. The van der Waals surface area contributed by atoms with Gasteiger partial charge >= 0.3 is 0 Å². The molecule has 2 nitrogen and oxygen atoms in total.